The van der Waals surface area contributed by atoms with Crippen LogP contribution in [0, 0.1) is 0 Å². The van der Waals surface area contributed by atoms with Gasteiger partial charge < -0.3 is 8.85 Å². The minimum atomic E-state index is -2.83. The first kappa shape index (κ1) is 27.3. The third-order valence-electron chi connectivity index (χ3n) is 5.78. The molecule has 0 amide bonds. The van der Waals surface area contributed by atoms with Gasteiger partial charge in [0, 0.05) is 35.3 Å². The molecule has 0 rings (SSSR count). The van der Waals surface area contributed by atoms with E-state index in [0.717, 1.165) is 0 Å². The smallest absolute Gasteiger partial charge is 0.225 e. The summed E-state index contributed by atoms with van der Waals surface area (Å²) in [5.41, 5.74) is 17.8. The van der Waals surface area contributed by atoms with Crippen LogP contribution < -0.4 is 0 Å². The van der Waals surface area contributed by atoms with Crippen molar-refractivity contribution in [3.8, 4) is 0 Å². The topological polar surface area (TPSA) is 116 Å². The Morgan fingerprint density at radius 2 is 1.32 bits per heavy atom. The molecular weight excluding hydrogens is 402 g/mol. The minimum Gasteiger partial charge on any atom is -0.421 e. The lowest BCUT2D eigenvalue weighted by molar-refractivity contribution is 0.0662. The highest BCUT2D eigenvalue weighted by Crippen LogP contribution is 2.40. The van der Waals surface area contributed by atoms with Crippen molar-refractivity contribution < 1.29 is 8.85 Å². The zero-order valence-electron chi connectivity index (χ0n) is 18.7. The molecule has 28 heavy (non-hydrogen) atoms. The molecule has 0 aliphatic heterocycles. The van der Waals surface area contributed by atoms with Crippen LogP contribution in [0.2, 0.25) is 26.2 Å². The Labute approximate surface area is 175 Å². The van der Waals surface area contributed by atoms with Crippen molar-refractivity contribution in [1.29, 1.82) is 0 Å². The Balaban J connectivity index is 6.43. The first-order chi connectivity index (χ1) is 12.7. The van der Waals surface area contributed by atoms with Crippen molar-refractivity contribution in [2.24, 2.45) is 10.2 Å². The summed E-state index contributed by atoms with van der Waals surface area (Å²) in [7, 11) is 5.23. The van der Waals surface area contributed by atoms with Gasteiger partial charge in [-0.25, -0.2) is 0 Å². The third-order valence-corrected chi connectivity index (χ3v) is 15.1. The number of hydrogen-bond donors (Lipinski definition) is 0. The number of azide groups is 2. The van der Waals surface area contributed by atoms with Crippen LogP contribution in [0.25, 0.3) is 20.9 Å². The summed E-state index contributed by atoms with van der Waals surface area (Å²) in [4.78, 5) is 5.87. The normalized spacial score (nSPS) is 18.7. The molecule has 0 aromatic rings. The summed E-state index contributed by atoms with van der Waals surface area (Å²) < 4.78 is 13.4. The van der Waals surface area contributed by atoms with Gasteiger partial charge in [-0.15, -0.1) is 0 Å². The van der Waals surface area contributed by atoms with Gasteiger partial charge in [0.05, 0.1) is 20.1 Å². The van der Waals surface area contributed by atoms with Gasteiger partial charge >= 0.3 is 0 Å². The standard InChI is InChI=1S/C15H34B2N6O2Si3/c1-9-14(4,24-26(5,6)16)28(8,13-21-23-19)25-15(10-2,11-3)27(7,17)12-20-22-18/h9-13H2,1-8H3. The zero-order chi connectivity index (χ0) is 22.3. The molecular formula is C15H34B2N6O2Si3. The molecule has 8 nitrogen and oxygen atoms in total. The van der Waals surface area contributed by atoms with Crippen molar-refractivity contribution in [3.05, 3.63) is 20.9 Å². The predicted molar refractivity (Wildman–Crippen MR) is 124 cm³/mol. The molecule has 0 spiro atoms. The monoisotopic (exact) mass is 436 g/mol. The SMILES string of the molecule is [B][Si](C)(C)OC(C)(CC)[Si](C)(CN=[N+]=[N-])OC(CC)(CC)[Si]([B])(C)CN=[N+]=[N-]. The predicted octanol–water partition coefficient (Wildman–Crippen LogP) is 4.71. The second-order valence-electron chi connectivity index (χ2n) is 8.52. The summed E-state index contributed by atoms with van der Waals surface area (Å²) in [6.45, 7) is 16.0. The Morgan fingerprint density at radius 1 is 0.857 bits per heavy atom. The minimum absolute atomic E-state index is 0.214. The highest BCUT2D eigenvalue weighted by Gasteiger charge is 2.56. The highest BCUT2D eigenvalue weighted by atomic mass is 28.4. The molecule has 0 aromatic carbocycles. The van der Waals surface area contributed by atoms with Crippen LogP contribution in [0.5, 0.6) is 0 Å². The van der Waals surface area contributed by atoms with Crippen LogP contribution in [0.4, 0.5) is 0 Å². The van der Waals surface area contributed by atoms with Gasteiger partial charge in [-0.05, 0) is 43.8 Å². The first-order valence-electron chi connectivity index (χ1n) is 9.72. The van der Waals surface area contributed by atoms with Crippen LogP contribution in [-0.4, -0.2) is 62.1 Å². The Hall–Kier alpha value is -0.679. The van der Waals surface area contributed by atoms with Crippen molar-refractivity contribution >= 4 is 39.3 Å². The highest BCUT2D eigenvalue weighted by molar-refractivity contribution is 7.18. The van der Waals surface area contributed by atoms with E-state index in [4.69, 9.17) is 34.8 Å². The Bertz CT molecular complexity index is 619. The van der Waals surface area contributed by atoms with E-state index in [1.54, 1.807) is 0 Å². The molecule has 0 N–H and O–H groups in total. The van der Waals surface area contributed by atoms with E-state index in [1.165, 1.54) is 0 Å². The molecule has 0 aromatic heterocycles. The fourth-order valence-corrected chi connectivity index (χ4v) is 13.4. The second-order valence-corrected chi connectivity index (χ2v) is 20.0. The lowest BCUT2D eigenvalue weighted by atomic mass is 10.2. The number of hydrogen-bond acceptors (Lipinski definition) is 4. The molecule has 0 bridgehead atoms. The van der Waals surface area contributed by atoms with Crippen molar-refractivity contribution in [2.75, 3.05) is 12.3 Å². The maximum atomic E-state index is 8.99. The van der Waals surface area contributed by atoms with Crippen molar-refractivity contribution in [3.63, 3.8) is 0 Å². The molecule has 4 radical (unpaired) electrons. The van der Waals surface area contributed by atoms with Gasteiger partial charge in [0.15, 0.2) is 0 Å². The van der Waals surface area contributed by atoms with E-state index in [-0.39, 0.29) is 12.3 Å². The quantitative estimate of drug-likeness (QED) is 0.180. The van der Waals surface area contributed by atoms with Crippen LogP contribution >= 0.6 is 0 Å². The van der Waals surface area contributed by atoms with E-state index in [1.807, 2.05) is 53.9 Å². The molecule has 3 atom stereocenters. The zero-order valence-corrected chi connectivity index (χ0v) is 21.7. The van der Waals surface area contributed by atoms with Gasteiger partial charge in [0.1, 0.15) is 8.19 Å². The van der Waals surface area contributed by atoms with Gasteiger partial charge in [-0.2, -0.15) is 0 Å². The molecule has 3 unspecified atom stereocenters. The maximum absolute atomic E-state index is 8.99. The van der Waals surface area contributed by atoms with Gasteiger partial charge in [0.25, 0.3) is 0 Å². The molecule has 0 saturated heterocycles. The van der Waals surface area contributed by atoms with Gasteiger partial charge in [0.2, 0.25) is 8.32 Å². The van der Waals surface area contributed by atoms with Crippen LogP contribution in [0.1, 0.15) is 47.0 Å². The molecule has 0 aliphatic rings. The summed E-state index contributed by atoms with van der Waals surface area (Å²) in [5, 5.41) is 6.37. The molecule has 154 valence electrons. The molecule has 0 saturated carbocycles. The van der Waals surface area contributed by atoms with E-state index < -0.39 is 34.9 Å². The maximum Gasteiger partial charge on any atom is 0.225 e. The number of nitrogens with zero attached hydrogens (tertiary/aromatic N) is 6. The lowest BCUT2D eigenvalue weighted by Gasteiger charge is -2.55. The van der Waals surface area contributed by atoms with Crippen LogP contribution in [0.3, 0.4) is 0 Å². The van der Waals surface area contributed by atoms with Gasteiger partial charge in [-0.3, -0.25) is 0 Å². The first-order valence-corrected chi connectivity index (χ1v) is 18.1. The van der Waals surface area contributed by atoms with E-state index in [2.05, 4.69) is 20.1 Å². The van der Waals surface area contributed by atoms with Crippen LogP contribution in [-0.2, 0) is 8.85 Å². The summed E-state index contributed by atoms with van der Waals surface area (Å²) in [6, 6.07) is 0. The van der Waals surface area contributed by atoms with Gasteiger partial charge in [-0.1, -0.05) is 50.6 Å². The van der Waals surface area contributed by atoms with Crippen molar-refractivity contribution in [2.45, 2.75) is 83.6 Å². The fraction of sp³-hybridized carbons (Fsp3) is 1.00. The summed E-state index contributed by atoms with van der Waals surface area (Å²) >= 11 is 0. The third kappa shape index (κ3) is 6.41. The average molecular weight is 436 g/mol. The Morgan fingerprint density at radius 3 is 1.68 bits per heavy atom. The van der Waals surface area contributed by atoms with E-state index >= 15 is 0 Å². The summed E-state index contributed by atoms with van der Waals surface area (Å²) in [6.07, 6.45) is 2.47. The van der Waals surface area contributed by atoms with Crippen molar-refractivity contribution in [1.82, 2.24) is 0 Å². The molecule has 0 aliphatic carbocycles. The fourth-order valence-electron chi connectivity index (χ4n) is 3.68. The van der Waals surface area contributed by atoms with E-state index in [9.17, 15) is 0 Å². The lowest BCUT2D eigenvalue weighted by Crippen LogP contribution is -2.72. The Kier molecular flexibility index (Phi) is 10.1. The van der Waals surface area contributed by atoms with E-state index in [0.29, 0.717) is 19.3 Å². The molecule has 13 heteroatoms. The molecule has 0 fully saturated rings. The summed E-state index contributed by atoms with van der Waals surface area (Å²) in [5.74, 6) is 0. The second kappa shape index (κ2) is 10.4. The van der Waals surface area contributed by atoms with Crippen LogP contribution in [0.15, 0.2) is 10.2 Å². The number of rotatable bonds is 13. The largest absolute Gasteiger partial charge is 0.421 e. The average Bonchev–Trinajstić information content (AvgIpc) is 2.61. The molecule has 0 heterocycles.